The molecule has 2 aromatic carbocycles. The molecule has 1 saturated heterocycles. The number of nitrogens with one attached hydrogen (secondary N) is 2. The summed E-state index contributed by atoms with van der Waals surface area (Å²) in [4.78, 5) is 25.4. The number of fused-ring (bicyclic) bond motifs is 1. The molecule has 0 amide bonds. The van der Waals surface area contributed by atoms with Gasteiger partial charge in [0.15, 0.2) is 0 Å². The monoisotopic (exact) mass is 488 g/mol. The number of morpholine rings is 1. The van der Waals surface area contributed by atoms with E-state index in [1.165, 1.54) is 16.7 Å². The SMILES string of the molecule is Cc1ccc(-c2c(C)sc3nc(CN[C@@H](CN4CCOCC4)c4ccc(C)cc4)[nH]c(=O)c23)cc1. The summed E-state index contributed by atoms with van der Waals surface area (Å²) in [7, 11) is 0. The number of aryl methyl sites for hydroxylation is 3. The fourth-order valence-electron chi connectivity index (χ4n) is 4.66. The molecule has 0 spiro atoms. The van der Waals surface area contributed by atoms with Crippen LogP contribution in [-0.2, 0) is 11.3 Å². The van der Waals surface area contributed by atoms with Crippen molar-refractivity contribution < 1.29 is 4.74 Å². The molecule has 0 aliphatic carbocycles. The van der Waals surface area contributed by atoms with Crippen molar-refractivity contribution in [1.82, 2.24) is 20.2 Å². The molecule has 1 fully saturated rings. The third-order valence-electron chi connectivity index (χ3n) is 6.67. The number of hydrogen-bond acceptors (Lipinski definition) is 6. The van der Waals surface area contributed by atoms with E-state index in [0.717, 1.165) is 53.7 Å². The van der Waals surface area contributed by atoms with Gasteiger partial charge < -0.3 is 15.0 Å². The molecule has 0 radical (unpaired) electrons. The summed E-state index contributed by atoms with van der Waals surface area (Å²) in [5, 5.41) is 4.34. The number of rotatable bonds is 7. The lowest BCUT2D eigenvalue weighted by atomic mass is 10.0. The number of aromatic amines is 1. The van der Waals surface area contributed by atoms with Crippen LogP contribution in [0.4, 0.5) is 0 Å². The van der Waals surface area contributed by atoms with Gasteiger partial charge in [-0.05, 0) is 31.9 Å². The molecule has 1 aliphatic heterocycles. The van der Waals surface area contributed by atoms with Gasteiger partial charge in [0.25, 0.3) is 5.56 Å². The Morgan fingerprint density at radius 3 is 2.37 bits per heavy atom. The molecule has 0 saturated carbocycles. The predicted octanol–water partition coefficient (Wildman–Crippen LogP) is 4.74. The number of nitrogens with zero attached hydrogens (tertiary/aromatic N) is 2. The van der Waals surface area contributed by atoms with Crippen molar-refractivity contribution in [2.45, 2.75) is 33.4 Å². The van der Waals surface area contributed by atoms with Crippen LogP contribution in [0.3, 0.4) is 0 Å². The maximum atomic E-state index is 13.2. The van der Waals surface area contributed by atoms with Crippen molar-refractivity contribution in [3.63, 3.8) is 0 Å². The van der Waals surface area contributed by atoms with Crippen LogP contribution in [0.15, 0.2) is 53.3 Å². The van der Waals surface area contributed by atoms with Crippen molar-refractivity contribution >= 4 is 21.6 Å². The summed E-state index contributed by atoms with van der Waals surface area (Å²) in [6.07, 6.45) is 0. The smallest absolute Gasteiger partial charge is 0.260 e. The van der Waals surface area contributed by atoms with Crippen LogP contribution in [0.25, 0.3) is 21.3 Å². The fourth-order valence-corrected chi connectivity index (χ4v) is 5.73. The summed E-state index contributed by atoms with van der Waals surface area (Å²) in [6.45, 7) is 11.0. The van der Waals surface area contributed by atoms with Crippen molar-refractivity contribution in [3.8, 4) is 11.1 Å². The Morgan fingerprint density at radius 2 is 1.69 bits per heavy atom. The molecule has 0 bridgehead atoms. The Morgan fingerprint density at radius 1 is 1.03 bits per heavy atom. The molecule has 35 heavy (non-hydrogen) atoms. The van der Waals surface area contributed by atoms with Crippen molar-refractivity contribution in [2.75, 3.05) is 32.8 Å². The Kier molecular flexibility index (Phi) is 7.11. The van der Waals surface area contributed by atoms with E-state index in [9.17, 15) is 4.79 Å². The second-order valence-corrected chi connectivity index (χ2v) is 10.6. The molecule has 2 N–H and O–H groups in total. The number of ether oxygens (including phenoxy) is 1. The van der Waals surface area contributed by atoms with Gasteiger partial charge in [-0.2, -0.15) is 0 Å². The van der Waals surface area contributed by atoms with E-state index in [1.54, 1.807) is 11.3 Å². The Balaban J connectivity index is 1.40. The predicted molar refractivity (Wildman–Crippen MR) is 143 cm³/mol. The molecule has 0 unspecified atom stereocenters. The molecule has 5 rings (SSSR count). The van der Waals surface area contributed by atoms with Crippen LogP contribution >= 0.6 is 11.3 Å². The van der Waals surface area contributed by atoms with Gasteiger partial charge in [-0.3, -0.25) is 9.69 Å². The topological polar surface area (TPSA) is 70.2 Å². The zero-order valence-corrected chi connectivity index (χ0v) is 21.4. The van der Waals surface area contributed by atoms with E-state index >= 15 is 0 Å². The number of aromatic nitrogens is 2. The van der Waals surface area contributed by atoms with Gasteiger partial charge in [-0.25, -0.2) is 4.98 Å². The van der Waals surface area contributed by atoms with Crippen LogP contribution in [0.1, 0.15) is 33.4 Å². The van der Waals surface area contributed by atoms with Gasteiger partial charge >= 0.3 is 0 Å². The van der Waals surface area contributed by atoms with Gasteiger partial charge in [-0.15, -0.1) is 11.3 Å². The van der Waals surface area contributed by atoms with Crippen molar-refractivity contribution in [3.05, 3.63) is 86.3 Å². The van der Waals surface area contributed by atoms with E-state index in [4.69, 9.17) is 9.72 Å². The third-order valence-corrected chi connectivity index (χ3v) is 7.67. The fraction of sp³-hybridized carbons (Fsp3) is 0.357. The third kappa shape index (κ3) is 5.38. The minimum absolute atomic E-state index is 0.0770. The van der Waals surface area contributed by atoms with E-state index in [1.807, 2.05) is 0 Å². The maximum absolute atomic E-state index is 13.2. The summed E-state index contributed by atoms with van der Waals surface area (Å²) in [5.74, 6) is 0.665. The van der Waals surface area contributed by atoms with Gasteiger partial charge in [0, 0.05) is 36.1 Å². The van der Waals surface area contributed by atoms with Crippen LogP contribution in [-0.4, -0.2) is 47.7 Å². The van der Waals surface area contributed by atoms with Gasteiger partial charge in [-0.1, -0.05) is 59.7 Å². The van der Waals surface area contributed by atoms with Crippen LogP contribution < -0.4 is 10.9 Å². The first-order valence-corrected chi connectivity index (χ1v) is 13.0. The minimum Gasteiger partial charge on any atom is -0.379 e. The number of thiophene rings is 1. The van der Waals surface area contributed by atoms with E-state index in [-0.39, 0.29) is 11.6 Å². The second-order valence-electron chi connectivity index (χ2n) is 9.35. The first kappa shape index (κ1) is 23.9. The molecule has 1 aliphatic rings. The quantitative estimate of drug-likeness (QED) is 0.393. The van der Waals surface area contributed by atoms with E-state index in [2.05, 4.69) is 84.5 Å². The van der Waals surface area contributed by atoms with E-state index < -0.39 is 0 Å². The molecule has 3 heterocycles. The lowest BCUT2D eigenvalue weighted by molar-refractivity contribution is 0.0333. The summed E-state index contributed by atoms with van der Waals surface area (Å²) < 4.78 is 5.52. The Labute approximate surface area is 210 Å². The first-order chi connectivity index (χ1) is 17.0. The second kappa shape index (κ2) is 10.4. The van der Waals surface area contributed by atoms with Gasteiger partial charge in [0.1, 0.15) is 10.7 Å². The summed E-state index contributed by atoms with van der Waals surface area (Å²) >= 11 is 1.59. The number of hydrogen-bond donors (Lipinski definition) is 2. The lowest BCUT2D eigenvalue weighted by Gasteiger charge is -2.31. The normalized spacial score (nSPS) is 15.5. The van der Waals surface area contributed by atoms with Crippen molar-refractivity contribution in [2.24, 2.45) is 0 Å². The molecular weight excluding hydrogens is 456 g/mol. The zero-order chi connectivity index (χ0) is 24.4. The highest BCUT2D eigenvalue weighted by Crippen LogP contribution is 2.35. The van der Waals surface area contributed by atoms with Gasteiger partial charge in [0.2, 0.25) is 0 Å². The number of H-pyrrole nitrogens is 1. The van der Waals surface area contributed by atoms with Crippen LogP contribution in [0.2, 0.25) is 0 Å². The molecular formula is C28H32N4O2S. The molecule has 4 aromatic rings. The minimum atomic E-state index is -0.0770. The highest BCUT2D eigenvalue weighted by Gasteiger charge is 2.20. The van der Waals surface area contributed by atoms with Gasteiger partial charge in [0.05, 0.1) is 25.1 Å². The standard InChI is InChI=1S/C28H32N4O2S/c1-18-4-8-21(9-5-18)23(17-32-12-14-34-15-13-32)29-16-24-30-27(33)26-25(20(3)35-28(26)31-24)22-10-6-19(2)7-11-22/h4-11,23,29H,12-17H2,1-3H3,(H,30,31,33)/t23-/m0/s1. The van der Waals surface area contributed by atoms with E-state index in [0.29, 0.717) is 17.8 Å². The largest absolute Gasteiger partial charge is 0.379 e. The van der Waals surface area contributed by atoms with Crippen LogP contribution in [0.5, 0.6) is 0 Å². The average Bonchev–Trinajstić information content (AvgIpc) is 3.20. The Bertz CT molecular complexity index is 1350. The maximum Gasteiger partial charge on any atom is 0.260 e. The molecule has 182 valence electrons. The summed E-state index contributed by atoms with van der Waals surface area (Å²) in [5.41, 5.74) is 5.65. The first-order valence-electron chi connectivity index (χ1n) is 12.2. The highest BCUT2D eigenvalue weighted by atomic mass is 32.1. The highest BCUT2D eigenvalue weighted by molar-refractivity contribution is 7.19. The average molecular weight is 489 g/mol. The molecule has 2 aromatic heterocycles. The molecule has 6 nitrogen and oxygen atoms in total. The summed E-state index contributed by atoms with van der Waals surface area (Å²) in [6, 6.07) is 17.1. The van der Waals surface area contributed by atoms with Crippen LogP contribution in [0, 0.1) is 20.8 Å². The molecule has 7 heteroatoms. The zero-order valence-electron chi connectivity index (χ0n) is 20.6. The van der Waals surface area contributed by atoms with Crippen molar-refractivity contribution in [1.29, 1.82) is 0 Å². The molecule has 1 atom stereocenters. The number of benzene rings is 2. The lowest BCUT2D eigenvalue weighted by Crippen LogP contribution is -2.42. The Hall–Kier alpha value is -2.84.